The Kier molecular flexibility index (Phi) is 5.74. The maximum Gasteiger partial charge on any atom is 0.416 e. The van der Waals surface area contributed by atoms with Gasteiger partial charge in [0.2, 0.25) is 0 Å². The zero-order valence-corrected chi connectivity index (χ0v) is 20.1. The summed E-state index contributed by atoms with van der Waals surface area (Å²) in [4.78, 5) is 9.32. The highest BCUT2D eigenvalue weighted by Gasteiger charge is 2.31. The molecule has 0 atom stereocenters. The molecule has 0 spiro atoms. The molecule has 1 aliphatic carbocycles. The lowest BCUT2D eigenvalue weighted by Crippen LogP contribution is -2.31. The quantitative estimate of drug-likeness (QED) is 0.345. The summed E-state index contributed by atoms with van der Waals surface area (Å²) in [6.07, 6.45) is 3.85. The van der Waals surface area contributed by atoms with Crippen LogP contribution in [0.15, 0.2) is 30.6 Å². The van der Waals surface area contributed by atoms with Gasteiger partial charge in [0.1, 0.15) is 17.3 Å². The van der Waals surface area contributed by atoms with E-state index < -0.39 is 11.7 Å². The van der Waals surface area contributed by atoms with Gasteiger partial charge in [-0.3, -0.25) is 0 Å². The van der Waals surface area contributed by atoms with E-state index in [0.29, 0.717) is 29.8 Å². The number of aromatic nitrogens is 5. The van der Waals surface area contributed by atoms with E-state index in [1.165, 1.54) is 0 Å². The van der Waals surface area contributed by atoms with Crippen LogP contribution < -0.4 is 16.0 Å². The number of aryl methyl sites for hydroxylation is 1. The summed E-state index contributed by atoms with van der Waals surface area (Å²) in [7, 11) is 0. The lowest BCUT2D eigenvalue weighted by molar-refractivity contribution is -0.137. The van der Waals surface area contributed by atoms with Gasteiger partial charge < -0.3 is 20.4 Å². The number of piperidine rings is 1. The Bertz CT molecular complexity index is 1400. The minimum Gasteiger partial charge on any atom is -0.370 e. The number of anilines is 2. The second-order valence-corrected chi connectivity index (χ2v) is 9.91. The number of hydrogen-bond donors (Lipinski definition) is 3. The van der Waals surface area contributed by atoms with Crippen molar-refractivity contribution in [2.75, 3.05) is 30.3 Å². The standard InChI is InChI=1S/C25H29F3N8/c1-15-8-18(25(26,27)28)9-23-33-19(14-35(15)23)12-31-22-10-21(30-11-16-4-6-29-7-5-16)34-24-20(17-2-3-17)13-32-36(22)24/h8-10,13-14,16-17,29,31H,2-7,11-12H2,1H3,(H,30,34). The molecular weight excluding hydrogens is 469 g/mol. The number of rotatable bonds is 7. The lowest BCUT2D eigenvalue weighted by atomic mass is 9.98. The smallest absolute Gasteiger partial charge is 0.370 e. The van der Waals surface area contributed by atoms with Crippen LogP contribution in [0, 0.1) is 12.8 Å². The molecule has 3 N–H and O–H groups in total. The molecule has 0 amide bonds. The first kappa shape index (κ1) is 23.1. The van der Waals surface area contributed by atoms with Crippen LogP contribution in [-0.2, 0) is 12.7 Å². The van der Waals surface area contributed by atoms with Crippen molar-refractivity contribution in [2.45, 2.75) is 51.2 Å². The van der Waals surface area contributed by atoms with Gasteiger partial charge in [0.15, 0.2) is 5.65 Å². The van der Waals surface area contributed by atoms with Gasteiger partial charge in [0, 0.05) is 30.1 Å². The van der Waals surface area contributed by atoms with E-state index in [0.717, 1.165) is 80.3 Å². The van der Waals surface area contributed by atoms with Crippen molar-refractivity contribution >= 4 is 22.9 Å². The molecule has 0 bridgehead atoms. The van der Waals surface area contributed by atoms with Crippen LogP contribution >= 0.6 is 0 Å². The molecule has 2 aliphatic rings. The number of nitrogens with one attached hydrogen (secondary N) is 3. The zero-order valence-electron chi connectivity index (χ0n) is 20.1. The molecule has 36 heavy (non-hydrogen) atoms. The molecule has 4 aromatic heterocycles. The normalized spacial score (nSPS) is 17.2. The van der Waals surface area contributed by atoms with Crippen molar-refractivity contribution in [2.24, 2.45) is 5.92 Å². The Hall–Kier alpha value is -3.34. The second kappa shape index (κ2) is 8.95. The van der Waals surface area contributed by atoms with Crippen molar-refractivity contribution in [3.8, 4) is 0 Å². The van der Waals surface area contributed by atoms with Crippen LogP contribution in [0.4, 0.5) is 24.8 Å². The van der Waals surface area contributed by atoms with Crippen molar-refractivity contribution in [1.29, 1.82) is 0 Å². The number of pyridine rings is 1. The predicted molar refractivity (Wildman–Crippen MR) is 131 cm³/mol. The minimum atomic E-state index is -4.41. The highest BCUT2D eigenvalue weighted by atomic mass is 19.4. The Morgan fingerprint density at radius 3 is 2.61 bits per heavy atom. The first-order valence-electron chi connectivity index (χ1n) is 12.5. The van der Waals surface area contributed by atoms with Gasteiger partial charge in [0.05, 0.1) is 24.0 Å². The highest BCUT2D eigenvalue weighted by Crippen LogP contribution is 2.42. The highest BCUT2D eigenvalue weighted by molar-refractivity contribution is 5.61. The van der Waals surface area contributed by atoms with E-state index in [1.807, 2.05) is 16.8 Å². The van der Waals surface area contributed by atoms with Crippen molar-refractivity contribution < 1.29 is 13.2 Å². The van der Waals surface area contributed by atoms with E-state index in [9.17, 15) is 13.2 Å². The van der Waals surface area contributed by atoms with Gasteiger partial charge in [-0.1, -0.05) is 0 Å². The summed E-state index contributed by atoms with van der Waals surface area (Å²) < 4.78 is 43.2. The zero-order chi connectivity index (χ0) is 24.9. The summed E-state index contributed by atoms with van der Waals surface area (Å²) >= 11 is 0. The SMILES string of the molecule is Cc1cc(C(F)(F)F)cc2nc(CNc3cc(NCC4CCNCC4)nc4c(C5CC5)cnn34)cn12. The van der Waals surface area contributed by atoms with E-state index in [-0.39, 0.29) is 5.65 Å². The second-order valence-electron chi connectivity index (χ2n) is 9.91. The summed E-state index contributed by atoms with van der Waals surface area (Å²) in [5.74, 6) is 2.68. The molecule has 8 nitrogen and oxygen atoms in total. The molecule has 0 unspecified atom stereocenters. The van der Waals surface area contributed by atoms with Gasteiger partial charge >= 0.3 is 6.18 Å². The maximum absolute atomic E-state index is 13.2. The summed E-state index contributed by atoms with van der Waals surface area (Å²) in [6, 6.07) is 4.17. The average molecular weight is 499 g/mol. The third kappa shape index (κ3) is 4.59. The molecular formula is C25H29F3N8. The molecule has 0 radical (unpaired) electrons. The summed E-state index contributed by atoms with van der Waals surface area (Å²) in [5.41, 5.74) is 2.71. The van der Waals surface area contributed by atoms with E-state index >= 15 is 0 Å². The minimum absolute atomic E-state index is 0.276. The average Bonchev–Trinajstić information content (AvgIpc) is 3.46. The van der Waals surface area contributed by atoms with Gasteiger partial charge in [-0.2, -0.15) is 22.8 Å². The Balaban J connectivity index is 1.26. The fourth-order valence-electron chi connectivity index (χ4n) is 4.95. The van der Waals surface area contributed by atoms with Crippen LogP contribution in [0.2, 0.25) is 0 Å². The molecule has 190 valence electrons. The number of nitrogens with zero attached hydrogens (tertiary/aromatic N) is 5. The van der Waals surface area contributed by atoms with Crippen molar-refractivity contribution in [3.63, 3.8) is 0 Å². The van der Waals surface area contributed by atoms with Crippen LogP contribution in [0.25, 0.3) is 11.3 Å². The van der Waals surface area contributed by atoms with E-state index in [4.69, 9.17) is 4.98 Å². The molecule has 1 saturated heterocycles. The molecule has 11 heteroatoms. The lowest BCUT2D eigenvalue weighted by Gasteiger charge is -2.23. The molecule has 0 aromatic carbocycles. The topological polar surface area (TPSA) is 83.6 Å². The number of fused-ring (bicyclic) bond motifs is 2. The fraction of sp³-hybridized carbons (Fsp3) is 0.480. The van der Waals surface area contributed by atoms with Gasteiger partial charge in [-0.15, -0.1) is 0 Å². The van der Waals surface area contributed by atoms with Gasteiger partial charge in [-0.25, -0.2) is 9.97 Å². The van der Waals surface area contributed by atoms with Crippen LogP contribution in [0.1, 0.15) is 54.1 Å². The Labute approximate surface area is 206 Å². The van der Waals surface area contributed by atoms with Crippen molar-refractivity contribution in [1.82, 2.24) is 29.3 Å². The summed E-state index contributed by atoms with van der Waals surface area (Å²) in [5, 5.41) is 14.9. The first-order chi connectivity index (χ1) is 17.3. The fourth-order valence-corrected chi connectivity index (χ4v) is 4.95. The van der Waals surface area contributed by atoms with Gasteiger partial charge in [-0.05, 0) is 69.7 Å². The Morgan fingerprint density at radius 1 is 1.06 bits per heavy atom. The van der Waals surface area contributed by atoms with E-state index in [2.05, 4.69) is 26.0 Å². The maximum atomic E-state index is 13.2. The molecule has 2 fully saturated rings. The van der Waals surface area contributed by atoms with Gasteiger partial charge in [0.25, 0.3) is 0 Å². The number of halogens is 3. The van der Waals surface area contributed by atoms with Crippen LogP contribution in [0.3, 0.4) is 0 Å². The van der Waals surface area contributed by atoms with Crippen LogP contribution in [0.5, 0.6) is 0 Å². The third-order valence-electron chi connectivity index (χ3n) is 7.14. The number of imidazole rings is 1. The first-order valence-corrected chi connectivity index (χ1v) is 12.5. The Morgan fingerprint density at radius 2 is 1.86 bits per heavy atom. The predicted octanol–water partition coefficient (Wildman–Crippen LogP) is 4.61. The molecule has 6 rings (SSSR count). The molecule has 4 aromatic rings. The summed E-state index contributed by atoms with van der Waals surface area (Å²) in [6.45, 7) is 4.95. The van der Waals surface area contributed by atoms with Crippen molar-refractivity contribution in [3.05, 3.63) is 53.1 Å². The molecule has 5 heterocycles. The van der Waals surface area contributed by atoms with E-state index in [1.54, 1.807) is 17.5 Å². The third-order valence-corrected chi connectivity index (χ3v) is 7.14. The number of hydrogen-bond acceptors (Lipinski definition) is 6. The molecule has 1 aliphatic heterocycles. The largest absolute Gasteiger partial charge is 0.416 e. The molecule has 1 saturated carbocycles. The number of alkyl halides is 3. The van der Waals surface area contributed by atoms with Crippen LogP contribution in [-0.4, -0.2) is 43.6 Å². The monoisotopic (exact) mass is 498 g/mol.